The zero-order valence-corrected chi connectivity index (χ0v) is 9.63. The van der Waals surface area contributed by atoms with Crippen molar-refractivity contribution in [2.45, 2.75) is 19.4 Å². The molecular formula is C10H10Cl2N2O. The zero-order valence-electron chi connectivity index (χ0n) is 8.11. The summed E-state index contributed by atoms with van der Waals surface area (Å²) in [6.45, 7) is 1.71. The molecular weight excluding hydrogens is 235 g/mol. The molecule has 0 saturated carbocycles. The van der Waals surface area contributed by atoms with Crippen molar-refractivity contribution in [3.8, 4) is 0 Å². The summed E-state index contributed by atoms with van der Waals surface area (Å²) in [7, 11) is 0. The molecule has 0 aliphatic rings. The molecule has 1 atom stereocenters. The molecule has 3 nitrogen and oxygen atoms in total. The molecule has 0 amide bonds. The van der Waals surface area contributed by atoms with Gasteiger partial charge in [0.15, 0.2) is 5.15 Å². The number of hydrogen-bond donors (Lipinski definition) is 1. The van der Waals surface area contributed by atoms with E-state index >= 15 is 0 Å². The highest BCUT2D eigenvalue weighted by molar-refractivity contribution is 6.33. The van der Waals surface area contributed by atoms with E-state index < -0.39 is 6.10 Å². The first kappa shape index (κ1) is 10.7. The Balaban J connectivity index is 2.59. The lowest BCUT2D eigenvalue weighted by Crippen LogP contribution is -2.07. The van der Waals surface area contributed by atoms with Gasteiger partial charge in [0, 0.05) is 12.6 Å². The normalized spacial score (nSPS) is 13.3. The number of hydrogen-bond acceptors (Lipinski definition) is 2. The third-order valence-corrected chi connectivity index (χ3v) is 2.61. The first-order chi connectivity index (χ1) is 7.08. The van der Waals surface area contributed by atoms with E-state index in [2.05, 4.69) is 4.98 Å². The van der Waals surface area contributed by atoms with Crippen molar-refractivity contribution in [1.82, 2.24) is 9.38 Å². The average molecular weight is 245 g/mol. The van der Waals surface area contributed by atoms with Crippen LogP contribution in [0.15, 0.2) is 18.3 Å². The second-order valence-corrected chi connectivity index (χ2v) is 4.27. The van der Waals surface area contributed by atoms with Crippen LogP contribution >= 0.6 is 23.2 Å². The second-order valence-electron chi connectivity index (χ2n) is 3.47. The summed E-state index contributed by atoms with van der Waals surface area (Å²) >= 11 is 11.8. The summed E-state index contributed by atoms with van der Waals surface area (Å²) in [5, 5.41) is 10.4. The summed E-state index contributed by atoms with van der Waals surface area (Å²) in [6, 6.07) is 3.57. The third kappa shape index (κ3) is 2.09. The van der Waals surface area contributed by atoms with Gasteiger partial charge in [0.25, 0.3) is 0 Å². The van der Waals surface area contributed by atoms with Crippen molar-refractivity contribution in [1.29, 1.82) is 0 Å². The van der Waals surface area contributed by atoms with Crippen LogP contribution in [0.2, 0.25) is 10.2 Å². The summed E-state index contributed by atoms with van der Waals surface area (Å²) in [5.41, 5.74) is 0.803. The van der Waals surface area contributed by atoms with Crippen LogP contribution in [0.1, 0.15) is 12.7 Å². The highest BCUT2D eigenvalue weighted by Crippen LogP contribution is 2.21. The van der Waals surface area contributed by atoms with Gasteiger partial charge in [-0.2, -0.15) is 0 Å². The van der Waals surface area contributed by atoms with E-state index in [-0.39, 0.29) is 0 Å². The van der Waals surface area contributed by atoms with E-state index in [4.69, 9.17) is 23.2 Å². The molecule has 15 heavy (non-hydrogen) atoms. The molecule has 0 saturated heterocycles. The molecule has 1 unspecified atom stereocenters. The molecule has 2 aromatic rings. The Morgan fingerprint density at radius 1 is 1.47 bits per heavy atom. The Morgan fingerprint density at radius 2 is 2.20 bits per heavy atom. The van der Waals surface area contributed by atoms with Gasteiger partial charge in [-0.3, -0.25) is 0 Å². The summed E-state index contributed by atoms with van der Waals surface area (Å²) in [4.78, 5) is 4.18. The lowest BCUT2D eigenvalue weighted by atomic mass is 10.3. The highest BCUT2D eigenvalue weighted by Gasteiger charge is 2.11. The maximum atomic E-state index is 9.31. The number of pyridine rings is 1. The lowest BCUT2D eigenvalue weighted by Gasteiger charge is -2.03. The Morgan fingerprint density at radius 3 is 2.87 bits per heavy atom. The SMILES string of the molecule is CC(O)Cc1nc(Cl)c2ccc(Cl)cn12. The Bertz CT molecular complexity index is 493. The predicted octanol–water partition coefficient (Wildman–Crippen LogP) is 2.56. The van der Waals surface area contributed by atoms with Gasteiger partial charge < -0.3 is 9.51 Å². The van der Waals surface area contributed by atoms with Gasteiger partial charge in [-0.15, -0.1) is 0 Å². The van der Waals surface area contributed by atoms with E-state index in [9.17, 15) is 5.11 Å². The van der Waals surface area contributed by atoms with Crippen LogP contribution in [-0.4, -0.2) is 20.6 Å². The van der Waals surface area contributed by atoms with Gasteiger partial charge in [-0.25, -0.2) is 4.98 Å². The van der Waals surface area contributed by atoms with Gasteiger partial charge in [0.2, 0.25) is 0 Å². The van der Waals surface area contributed by atoms with Gasteiger partial charge in [0.05, 0.1) is 16.6 Å². The molecule has 5 heteroatoms. The first-order valence-corrected chi connectivity index (χ1v) is 5.33. The molecule has 1 N–H and O–H groups in total. The van der Waals surface area contributed by atoms with Crippen molar-refractivity contribution in [3.05, 3.63) is 34.3 Å². The third-order valence-electron chi connectivity index (χ3n) is 2.11. The monoisotopic (exact) mass is 244 g/mol. The molecule has 0 aliphatic heterocycles. The number of aliphatic hydroxyl groups is 1. The molecule has 2 heterocycles. The molecule has 0 aromatic carbocycles. The second kappa shape index (κ2) is 4.00. The molecule has 0 spiro atoms. The molecule has 0 fully saturated rings. The maximum absolute atomic E-state index is 9.31. The fourth-order valence-electron chi connectivity index (χ4n) is 1.49. The highest BCUT2D eigenvalue weighted by atomic mass is 35.5. The van der Waals surface area contributed by atoms with Crippen LogP contribution in [-0.2, 0) is 6.42 Å². The zero-order chi connectivity index (χ0) is 11.0. The van der Waals surface area contributed by atoms with E-state index in [1.165, 1.54) is 0 Å². The van der Waals surface area contributed by atoms with Crippen LogP contribution in [0.25, 0.3) is 5.52 Å². The van der Waals surface area contributed by atoms with E-state index in [0.29, 0.717) is 22.4 Å². The first-order valence-electron chi connectivity index (χ1n) is 4.58. The quantitative estimate of drug-likeness (QED) is 0.882. The summed E-state index contributed by atoms with van der Waals surface area (Å²) in [6.07, 6.45) is 1.74. The Kier molecular flexibility index (Phi) is 2.87. The van der Waals surface area contributed by atoms with Crippen molar-refractivity contribution in [2.24, 2.45) is 0 Å². The summed E-state index contributed by atoms with van der Waals surface area (Å²) < 4.78 is 1.80. The maximum Gasteiger partial charge on any atom is 0.155 e. The van der Waals surface area contributed by atoms with Crippen molar-refractivity contribution < 1.29 is 5.11 Å². The molecule has 80 valence electrons. The van der Waals surface area contributed by atoms with E-state index in [0.717, 1.165) is 5.52 Å². The number of nitrogens with zero attached hydrogens (tertiary/aromatic N) is 2. The number of rotatable bonds is 2. The standard InChI is InChI=1S/C10H10Cl2N2O/c1-6(15)4-9-13-10(12)8-3-2-7(11)5-14(8)9/h2-3,5-6,15H,4H2,1H3. The van der Waals surface area contributed by atoms with Crippen LogP contribution in [0, 0.1) is 0 Å². The van der Waals surface area contributed by atoms with Crippen LogP contribution in [0.5, 0.6) is 0 Å². The average Bonchev–Trinajstić information content (AvgIpc) is 2.42. The summed E-state index contributed by atoms with van der Waals surface area (Å²) in [5.74, 6) is 0.715. The topological polar surface area (TPSA) is 37.5 Å². The van der Waals surface area contributed by atoms with Crippen LogP contribution in [0.4, 0.5) is 0 Å². The number of aromatic nitrogens is 2. The lowest BCUT2D eigenvalue weighted by molar-refractivity contribution is 0.192. The van der Waals surface area contributed by atoms with Gasteiger partial charge in [0.1, 0.15) is 5.82 Å². The fourth-order valence-corrected chi connectivity index (χ4v) is 1.90. The molecule has 2 rings (SSSR count). The Labute approximate surface area is 97.3 Å². The number of fused-ring (bicyclic) bond motifs is 1. The molecule has 0 bridgehead atoms. The number of halogens is 2. The molecule has 0 radical (unpaired) electrons. The molecule has 2 aromatic heterocycles. The van der Waals surface area contributed by atoms with Crippen LogP contribution < -0.4 is 0 Å². The van der Waals surface area contributed by atoms with Crippen molar-refractivity contribution in [2.75, 3.05) is 0 Å². The number of aliphatic hydroxyl groups excluding tert-OH is 1. The minimum atomic E-state index is -0.453. The van der Waals surface area contributed by atoms with Gasteiger partial charge in [-0.1, -0.05) is 23.2 Å². The predicted molar refractivity (Wildman–Crippen MR) is 60.6 cm³/mol. The largest absolute Gasteiger partial charge is 0.393 e. The van der Waals surface area contributed by atoms with E-state index in [1.54, 1.807) is 23.6 Å². The number of imidazole rings is 1. The van der Waals surface area contributed by atoms with E-state index in [1.807, 2.05) is 6.07 Å². The minimum absolute atomic E-state index is 0.433. The van der Waals surface area contributed by atoms with Crippen molar-refractivity contribution >= 4 is 28.7 Å². The smallest absolute Gasteiger partial charge is 0.155 e. The fraction of sp³-hybridized carbons (Fsp3) is 0.300. The van der Waals surface area contributed by atoms with Crippen molar-refractivity contribution in [3.63, 3.8) is 0 Å². The minimum Gasteiger partial charge on any atom is -0.393 e. The van der Waals surface area contributed by atoms with Crippen LogP contribution in [0.3, 0.4) is 0 Å². The molecule has 0 aliphatic carbocycles. The Hall–Kier alpha value is -0.770. The van der Waals surface area contributed by atoms with Gasteiger partial charge in [-0.05, 0) is 19.1 Å². The van der Waals surface area contributed by atoms with Gasteiger partial charge >= 0.3 is 0 Å².